The third-order valence-electron chi connectivity index (χ3n) is 8.83. The van der Waals surface area contributed by atoms with Crippen LogP contribution in [0.4, 0.5) is 0 Å². The highest BCUT2D eigenvalue weighted by molar-refractivity contribution is 6.34. The van der Waals surface area contributed by atoms with Crippen molar-refractivity contribution in [1.82, 2.24) is 10.0 Å². The fourth-order valence-corrected chi connectivity index (χ4v) is 7.38. The van der Waals surface area contributed by atoms with Crippen LogP contribution in [0, 0.1) is 11.8 Å². The molecule has 1 aliphatic heterocycles. The Bertz CT molecular complexity index is 1690. The summed E-state index contributed by atoms with van der Waals surface area (Å²) in [5.74, 6) is -4.30. The van der Waals surface area contributed by atoms with E-state index in [2.05, 4.69) is 0 Å². The maximum Gasteiger partial charge on any atom is 0.275 e. The molecule has 42 heavy (non-hydrogen) atoms. The van der Waals surface area contributed by atoms with E-state index in [-0.39, 0.29) is 22.4 Å². The van der Waals surface area contributed by atoms with Gasteiger partial charge in [-0.3, -0.25) is 19.2 Å². The number of rotatable bonds is 5. The Balaban J connectivity index is 1.36. The van der Waals surface area contributed by atoms with Crippen LogP contribution >= 0.6 is 23.2 Å². The number of ketones is 1. The lowest BCUT2D eigenvalue weighted by atomic mass is 9.55. The van der Waals surface area contributed by atoms with Gasteiger partial charge < -0.3 is 0 Å². The van der Waals surface area contributed by atoms with Gasteiger partial charge in [0, 0.05) is 22.4 Å². The van der Waals surface area contributed by atoms with Crippen LogP contribution in [0.1, 0.15) is 61.7 Å². The smallest absolute Gasteiger partial charge is 0.275 e. The van der Waals surface area contributed by atoms with Crippen LogP contribution in [0.25, 0.3) is 0 Å². The van der Waals surface area contributed by atoms with Crippen molar-refractivity contribution in [3.8, 4) is 0 Å². The van der Waals surface area contributed by atoms with Gasteiger partial charge in [0.25, 0.3) is 17.7 Å². The minimum Gasteiger partial charge on any atom is -0.292 e. The first kappa shape index (κ1) is 26.6. The molecule has 3 atom stereocenters. The molecule has 6 nitrogen and oxygen atoms in total. The Morgan fingerprint density at radius 1 is 0.690 bits per heavy atom. The minimum absolute atomic E-state index is 0.0833. The molecule has 1 heterocycles. The average molecular weight is 595 g/mol. The van der Waals surface area contributed by atoms with Crippen LogP contribution in [-0.2, 0) is 9.59 Å². The summed E-state index contributed by atoms with van der Waals surface area (Å²) in [4.78, 5) is 57.0. The van der Waals surface area contributed by atoms with Crippen molar-refractivity contribution >= 4 is 46.7 Å². The molecule has 0 unspecified atom stereocenters. The predicted molar refractivity (Wildman–Crippen MR) is 158 cm³/mol. The highest BCUT2D eigenvalue weighted by Gasteiger charge is 2.63. The molecule has 0 radical (unpaired) electrons. The molecule has 2 bridgehead atoms. The molecule has 4 aliphatic rings. The second-order valence-electron chi connectivity index (χ2n) is 10.9. The van der Waals surface area contributed by atoms with E-state index in [0.29, 0.717) is 10.6 Å². The largest absolute Gasteiger partial charge is 0.292 e. The summed E-state index contributed by atoms with van der Waals surface area (Å²) in [5.41, 5.74) is 4.43. The van der Waals surface area contributed by atoms with Gasteiger partial charge in [-0.2, -0.15) is 5.01 Å². The summed E-state index contributed by atoms with van der Waals surface area (Å²) in [6.07, 6.45) is 0. The first-order chi connectivity index (χ1) is 20.3. The van der Waals surface area contributed by atoms with Crippen LogP contribution in [0.2, 0.25) is 10.0 Å². The number of carbonyl (C=O) groups is 4. The second-order valence-corrected chi connectivity index (χ2v) is 11.8. The average Bonchev–Trinajstić information content (AvgIpc) is 3.27. The van der Waals surface area contributed by atoms with Crippen LogP contribution in [0.15, 0.2) is 97.1 Å². The molecule has 3 aliphatic carbocycles. The lowest BCUT2D eigenvalue weighted by Crippen LogP contribution is -2.56. The molecule has 0 saturated carbocycles. The Morgan fingerprint density at radius 3 is 1.62 bits per heavy atom. The summed E-state index contributed by atoms with van der Waals surface area (Å²) < 4.78 is 0. The molecule has 0 N–H and O–H groups in total. The number of benzene rings is 4. The van der Waals surface area contributed by atoms with Gasteiger partial charge in [0.15, 0.2) is 5.78 Å². The van der Waals surface area contributed by atoms with Gasteiger partial charge in [0.05, 0.1) is 22.4 Å². The number of nitrogens with zero attached hydrogens (tertiary/aromatic N) is 2. The zero-order valence-corrected chi connectivity index (χ0v) is 23.9. The molecule has 0 spiro atoms. The number of hydrogen-bond acceptors (Lipinski definition) is 4. The first-order valence-electron chi connectivity index (χ1n) is 13.7. The zero-order chi connectivity index (χ0) is 29.3. The SMILES string of the molecule is C[C@@H](C(=O)c1ccc(Cl)cc1)N(C(=O)c1ccccc1Cl)N1C(=O)[C@@H]2C3c4ccccc4C(c4ccccc43)[C@@H]2C1=O. The van der Waals surface area contributed by atoms with Gasteiger partial charge in [-0.25, -0.2) is 5.01 Å². The lowest BCUT2D eigenvalue weighted by molar-refractivity contribution is -0.156. The van der Waals surface area contributed by atoms with E-state index in [9.17, 15) is 19.2 Å². The van der Waals surface area contributed by atoms with Crippen molar-refractivity contribution in [2.75, 3.05) is 0 Å². The van der Waals surface area contributed by atoms with E-state index >= 15 is 0 Å². The highest BCUT2D eigenvalue weighted by Crippen LogP contribution is 2.61. The molecule has 1 saturated heterocycles. The minimum atomic E-state index is -1.20. The van der Waals surface area contributed by atoms with E-state index in [1.807, 2.05) is 48.5 Å². The van der Waals surface area contributed by atoms with Crippen molar-refractivity contribution in [3.63, 3.8) is 0 Å². The summed E-state index contributed by atoms with van der Waals surface area (Å²) in [7, 11) is 0. The maximum atomic E-state index is 14.5. The Kier molecular flexibility index (Phi) is 6.30. The van der Waals surface area contributed by atoms with E-state index in [1.54, 1.807) is 42.5 Å². The van der Waals surface area contributed by atoms with Gasteiger partial charge >= 0.3 is 0 Å². The Hall–Kier alpha value is -4.26. The van der Waals surface area contributed by atoms with Crippen LogP contribution in [0.5, 0.6) is 0 Å². The van der Waals surface area contributed by atoms with Gasteiger partial charge in [-0.15, -0.1) is 0 Å². The maximum absolute atomic E-state index is 14.5. The van der Waals surface area contributed by atoms with E-state index < -0.39 is 41.4 Å². The number of Topliss-reactive ketones (excluding diaryl/α,β-unsaturated/α-hetero) is 1. The van der Waals surface area contributed by atoms with Gasteiger partial charge in [-0.05, 0) is 65.6 Å². The monoisotopic (exact) mass is 594 g/mol. The molecular formula is C34H24Cl2N2O4. The van der Waals surface area contributed by atoms with Gasteiger partial charge in [0.2, 0.25) is 0 Å². The second kappa shape index (κ2) is 9.93. The van der Waals surface area contributed by atoms with Crippen molar-refractivity contribution < 1.29 is 19.2 Å². The molecule has 8 heteroatoms. The quantitative estimate of drug-likeness (QED) is 0.195. The van der Waals surface area contributed by atoms with Gasteiger partial charge in [0.1, 0.15) is 6.04 Å². The number of amides is 3. The topological polar surface area (TPSA) is 74.8 Å². The predicted octanol–water partition coefficient (Wildman–Crippen LogP) is 6.51. The zero-order valence-electron chi connectivity index (χ0n) is 22.4. The molecule has 1 fully saturated rings. The van der Waals surface area contributed by atoms with Crippen LogP contribution in [-0.4, -0.2) is 39.6 Å². The number of imide groups is 1. The van der Waals surface area contributed by atoms with Crippen molar-refractivity contribution in [1.29, 1.82) is 0 Å². The molecular weight excluding hydrogens is 571 g/mol. The molecule has 4 aromatic rings. The Morgan fingerprint density at radius 2 is 1.14 bits per heavy atom. The van der Waals surface area contributed by atoms with E-state index in [4.69, 9.17) is 23.2 Å². The fourth-order valence-electron chi connectivity index (χ4n) is 7.04. The molecule has 0 aromatic heterocycles. The number of hydrogen-bond donors (Lipinski definition) is 0. The van der Waals surface area contributed by atoms with Crippen molar-refractivity contribution in [3.05, 3.63) is 140 Å². The summed E-state index contributed by atoms with van der Waals surface area (Å²) in [6, 6.07) is 27.3. The van der Waals surface area contributed by atoms with Crippen molar-refractivity contribution in [2.45, 2.75) is 24.8 Å². The Labute approximate surface area is 252 Å². The summed E-state index contributed by atoms with van der Waals surface area (Å²) in [6.45, 7) is 1.52. The van der Waals surface area contributed by atoms with E-state index in [1.165, 1.54) is 13.0 Å². The van der Waals surface area contributed by atoms with Crippen LogP contribution in [0.3, 0.4) is 0 Å². The first-order valence-corrected chi connectivity index (χ1v) is 14.5. The summed E-state index contributed by atoms with van der Waals surface area (Å²) in [5, 5.41) is 2.54. The third-order valence-corrected chi connectivity index (χ3v) is 9.41. The van der Waals surface area contributed by atoms with E-state index in [0.717, 1.165) is 32.3 Å². The fraction of sp³-hybridized carbons (Fsp3) is 0.176. The number of hydrazine groups is 1. The van der Waals surface area contributed by atoms with Gasteiger partial charge in [-0.1, -0.05) is 83.9 Å². The lowest BCUT2D eigenvalue weighted by Gasteiger charge is -2.45. The third kappa shape index (κ3) is 3.79. The molecule has 8 rings (SSSR count). The normalized spacial score (nSPS) is 22.3. The molecule has 3 amide bonds. The molecule has 208 valence electrons. The van der Waals surface area contributed by atoms with Crippen molar-refractivity contribution in [2.24, 2.45) is 11.8 Å². The van der Waals surface area contributed by atoms with Crippen LogP contribution < -0.4 is 0 Å². The number of carbonyl (C=O) groups excluding carboxylic acids is 4. The number of halogens is 2. The molecule has 4 aromatic carbocycles. The summed E-state index contributed by atoms with van der Waals surface area (Å²) >= 11 is 12.5. The highest BCUT2D eigenvalue weighted by atomic mass is 35.5. The standard InChI is InChI=1S/C34H24Cl2N2O4/c1-18(31(39)19-14-16-20(35)17-15-19)37(32(40)25-12-6-7-13-26(25)36)38-33(41)29-27-21-8-2-3-9-22(21)28(30(29)34(38)42)24-11-5-4-10-23(24)27/h2-18,27-30H,1H3/t18-,27?,28?,29-,30+/m0/s1.